The van der Waals surface area contributed by atoms with Gasteiger partial charge >= 0.3 is 0 Å². The van der Waals surface area contributed by atoms with E-state index in [-0.39, 0.29) is 19.3 Å². The van der Waals surface area contributed by atoms with Crippen molar-refractivity contribution in [2.75, 3.05) is 103 Å². The van der Waals surface area contributed by atoms with Crippen LogP contribution in [0.5, 0.6) is 34.5 Å². The molecule has 2 saturated carbocycles. The van der Waals surface area contributed by atoms with E-state index in [0.29, 0.717) is 41.4 Å². The molecule has 25 heteroatoms. The summed E-state index contributed by atoms with van der Waals surface area (Å²) < 4.78 is 38.6. The molecule has 0 spiro atoms. The van der Waals surface area contributed by atoms with Crippen molar-refractivity contribution in [2.45, 2.75) is 83.5 Å². The summed E-state index contributed by atoms with van der Waals surface area (Å²) in [7, 11) is 12.0. The van der Waals surface area contributed by atoms with Gasteiger partial charge in [-0.1, -0.05) is 6.42 Å². The third-order valence-corrected chi connectivity index (χ3v) is 19.1. The number of hydrogen-bond acceptors (Lipinski definition) is 22. The molecule has 3 N–H and O–H groups in total. The van der Waals surface area contributed by atoms with Crippen LogP contribution in [0.4, 0.5) is 34.1 Å². The maximum absolute atomic E-state index is 10.5. The first kappa shape index (κ1) is 73.3. The fourth-order valence-electron chi connectivity index (χ4n) is 13.1. The number of methoxy groups -OCH3 is 5. The topological polar surface area (TPSA) is 260 Å². The van der Waals surface area contributed by atoms with Crippen LogP contribution in [0.3, 0.4) is 0 Å². The lowest BCUT2D eigenvalue weighted by Gasteiger charge is -2.28. The Labute approximate surface area is 617 Å². The van der Waals surface area contributed by atoms with Crippen LogP contribution in [0, 0.1) is 11.8 Å². The van der Waals surface area contributed by atoms with Crippen LogP contribution in [-0.2, 0) is 20.6 Å². The van der Waals surface area contributed by atoms with E-state index in [1.165, 1.54) is 44.9 Å². The molecule has 1 saturated heterocycles. The fraction of sp³-hybridized carbons (Fsp3) is 0.370. The number of benzene rings is 6. The lowest BCUT2D eigenvalue weighted by molar-refractivity contribution is 0.0921. The van der Waals surface area contributed by atoms with Crippen LogP contribution in [0.25, 0.3) is 66.9 Å². The number of aryl methyl sites for hydroxylation is 3. The molecule has 6 aromatic carbocycles. The molecule has 2 atom stereocenters. The molecule has 12 aromatic rings. The zero-order chi connectivity index (χ0) is 73.6. The number of fused-ring (bicyclic) bond motifs is 3. The number of nitrogens with zero attached hydrogens (tertiary/aromatic N) is 16. The minimum absolute atomic E-state index is 0.0407. The van der Waals surface area contributed by atoms with Gasteiger partial charge in [-0.2, -0.15) is 15.3 Å². The van der Waals surface area contributed by atoms with Crippen molar-refractivity contribution in [3.8, 4) is 68.3 Å². The van der Waals surface area contributed by atoms with Gasteiger partial charge in [-0.3, -0.25) is 29.0 Å². The highest BCUT2D eigenvalue weighted by Gasteiger charge is 2.29. The number of β-amino-alcohol motifs (C(OH)–C–C–N with tert-alkyl or cyclic N) is 1. The fourth-order valence-corrected chi connectivity index (χ4v) is 13.1. The quantitative estimate of drug-likeness (QED) is 0.0393. The Bertz CT molecular complexity index is 4870. The summed E-state index contributed by atoms with van der Waals surface area (Å²) in [5, 5.41) is 42.8. The molecule has 6 aromatic heterocycles. The van der Waals surface area contributed by atoms with Crippen LogP contribution in [0.15, 0.2) is 165 Å². The second-order valence-corrected chi connectivity index (χ2v) is 27.4. The molecule has 106 heavy (non-hydrogen) atoms. The molecule has 3 aliphatic rings. The summed E-state index contributed by atoms with van der Waals surface area (Å²) in [6, 6.07) is 35.8. The largest absolute Gasteiger partial charge is 0.497 e. The summed E-state index contributed by atoms with van der Waals surface area (Å²) in [6.07, 6.45) is 26.2. The molecule has 3 fully saturated rings. The molecule has 25 nitrogen and oxygen atoms in total. The molecule has 2 unspecified atom stereocenters. The molecular weight excluding hydrogens is 1340 g/mol. The standard InChI is InChI=1S/C33H42N6O3.C25H27N5O3.C23H25N5O3/c1-41-29-15-27(16-30(18-29)42-2)39(21-24-8-9-24)26-10-11-31-32(17-26)36-33(20-34-31)25-19-35-38(22-25)14-6-7-28(40)23-37-12-4-3-5-13-37;1-29-16-18(13-27-29)25-14-26-23-6-5-19(11-24(23)28-25)30(15-17-3-4-17)20-9-21(32-2)12-22(10-20)33-8-7-31;1-15(29)13-28(18-7-19(30-3)10-20(8-18)31-4)17-5-6-21-22(9-17)26-23(12-24-21)16-11-25-27(2)14-16/h10-11,15-20,22,24,28,40H,3-9,12-14,21,23H2,1-2H3;5-6,9-14,16-17,31H,3-4,7-8,15H2,1-2H3;5-12,14-15,29H,13H2,1-4H3. The number of anilines is 6. The van der Waals surface area contributed by atoms with Gasteiger partial charge in [-0.25, -0.2) is 15.0 Å². The van der Waals surface area contributed by atoms with Crippen molar-refractivity contribution >= 4 is 67.2 Å². The Hall–Kier alpha value is -11.0. The lowest BCUT2D eigenvalue weighted by atomic mass is 10.1. The number of ether oxygens (including phenoxy) is 6. The van der Waals surface area contributed by atoms with Gasteiger partial charge in [0, 0.05) is 171 Å². The van der Waals surface area contributed by atoms with Crippen LogP contribution in [0.2, 0.25) is 0 Å². The van der Waals surface area contributed by atoms with Gasteiger partial charge in [0.05, 0.1) is 142 Å². The molecule has 0 amide bonds. The second kappa shape index (κ2) is 34.3. The molecule has 0 bridgehead atoms. The van der Waals surface area contributed by atoms with Crippen LogP contribution >= 0.6 is 0 Å². The molecular formula is C81H94N16O9. The number of aliphatic hydroxyl groups is 3. The van der Waals surface area contributed by atoms with Crippen LogP contribution in [0.1, 0.15) is 64.7 Å². The Morgan fingerprint density at radius 3 is 1.27 bits per heavy atom. The van der Waals surface area contributed by atoms with Gasteiger partial charge in [0.15, 0.2) is 0 Å². The number of likely N-dealkylation sites (tertiary alicyclic amines) is 1. The average Bonchev–Trinajstić information content (AvgIpc) is 0.888. The second-order valence-electron chi connectivity index (χ2n) is 27.4. The van der Waals surface area contributed by atoms with Gasteiger partial charge in [0.25, 0.3) is 0 Å². The molecule has 7 heterocycles. The summed E-state index contributed by atoms with van der Waals surface area (Å²) in [5.74, 6) is 5.57. The Balaban J connectivity index is 0.000000143. The van der Waals surface area contributed by atoms with Crippen molar-refractivity contribution in [1.29, 1.82) is 0 Å². The van der Waals surface area contributed by atoms with Crippen molar-refractivity contribution in [3.63, 3.8) is 0 Å². The highest BCUT2D eigenvalue weighted by molar-refractivity contribution is 5.86. The Morgan fingerprint density at radius 1 is 0.462 bits per heavy atom. The van der Waals surface area contributed by atoms with E-state index in [0.717, 1.165) is 165 Å². The SMILES string of the molecule is COc1cc(OC)cc(N(CC(C)O)c2ccc3ncc(-c4cnn(C)c4)nc3c2)c1.COc1cc(OC)cc(N(CC2CC2)c2ccc3ncc(-c4cnn(CCCC(O)CN5CCCCC5)c4)nc3c2)c1.COc1cc(OCCO)cc(N(CC2CC2)c2ccc3ncc(-c4cnn(C)c4)nc3c2)c1. The van der Waals surface area contributed by atoms with E-state index in [2.05, 4.69) is 76.4 Å². The number of rotatable bonds is 29. The first-order valence-electron chi connectivity index (χ1n) is 36.3. The van der Waals surface area contributed by atoms with Crippen LogP contribution in [-0.4, -0.2) is 180 Å². The zero-order valence-corrected chi connectivity index (χ0v) is 61.6. The summed E-state index contributed by atoms with van der Waals surface area (Å²) in [4.78, 5) is 37.5. The molecule has 15 rings (SSSR count). The van der Waals surface area contributed by atoms with Crippen molar-refractivity contribution in [2.24, 2.45) is 25.9 Å². The molecule has 1 aliphatic heterocycles. The van der Waals surface area contributed by atoms with E-state index in [1.807, 2.05) is 127 Å². The van der Waals surface area contributed by atoms with E-state index in [9.17, 15) is 10.2 Å². The van der Waals surface area contributed by atoms with Crippen LogP contribution < -0.4 is 43.1 Å². The summed E-state index contributed by atoms with van der Waals surface area (Å²) in [6.45, 7) is 7.93. The van der Waals surface area contributed by atoms with Gasteiger partial charge in [-0.05, 0) is 138 Å². The van der Waals surface area contributed by atoms with E-state index < -0.39 is 6.10 Å². The van der Waals surface area contributed by atoms with Crippen molar-refractivity contribution in [1.82, 2.24) is 64.1 Å². The smallest absolute Gasteiger partial charge is 0.125 e. The third kappa shape index (κ3) is 18.9. The predicted molar refractivity (Wildman–Crippen MR) is 413 cm³/mol. The van der Waals surface area contributed by atoms with E-state index in [1.54, 1.807) is 76.6 Å². The van der Waals surface area contributed by atoms with Gasteiger partial charge in [0.1, 0.15) is 41.1 Å². The van der Waals surface area contributed by atoms with Crippen molar-refractivity contribution in [3.05, 3.63) is 165 Å². The average molecular weight is 1440 g/mol. The summed E-state index contributed by atoms with van der Waals surface area (Å²) >= 11 is 0. The van der Waals surface area contributed by atoms with Crippen molar-refractivity contribution < 1.29 is 43.7 Å². The monoisotopic (exact) mass is 1430 g/mol. The number of aliphatic hydroxyl groups excluding tert-OH is 3. The third-order valence-electron chi connectivity index (χ3n) is 19.1. The first-order chi connectivity index (χ1) is 51.7. The molecule has 0 radical (unpaired) electrons. The van der Waals surface area contributed by atoms with E-state index >= 15 is 0 Å². The Kier molecular flexibility index (Phi) is 23.7. The van der Waals surface area contributed by atoms with E-state index in [4.69, 9.17) is 53.5 Å². The zero-order valence-electron chi connectivity index (χ0n) is 61.6. The Morgan fingerprint density at radius 2 is 0.868 bits per heavy atom. The maximum atomic E-state index is 10.5. The number of aromatic nitrogens is 12. The van der Waals surface area contributed by atoms with Gasteiger partial charge < -0.3 is 63.3 Å². The highest BCUT2D eigenvalue weighted by atomic mass is 16.5. The molecule has 552 valence electrons. The van der Waals surface area contributed by atoms with Gasteiger partial charge in [0.2, 0.25) is 0 Å². The minimum atomic E-state index is -0.555. The number of piperidine rings is 1. The first-order valence-corrected chi connectivity index (χ1v) is 36.3. The normalized spacial score (nSPS) is 14.2. The maximum Gasteiger partial charge on any atom is 0.125 e. The minimum Gasteiger partial charge on any atom is -0.497 e. The molecule has 2 aliphatic carbocycles. The summed E-state index contributed by atoms with van der Waals surface area (Å²) in [5.41, 5.74) is 15.9. The predicted octanol–water partition coefficient (Wildman–Crippen LogP) is 13.2. The van der Waals surface area contributed by atoms with Gasteiger partial charge in [-0.15, -0.1) is 0 Å². The highest BCUT2D eigenvalue weighted by Crippen LogP contribution is 2.42. The number of hydrogen-bond donors (Lipinski definition) is 3. The lowest BCUT2D eigenvalue weighted by Crippen LogP contribution is -2.36.